The highest BCUT2D eigenvalue weighted by atomic mass is 127. The number of allylic oxidation sites excluding steroid dienone is 1. The fourth-order valence-electron chi connectivity index (χ4n) is 6.08. The van der Waals surface area contributed by atoms with Crippen LogP contribution in [-0.4, -0.2) is 77.1 Å². The van der Waals surface area contributed by atoms with Gasteiger partial charge in [-0.25, -0.2) is 0 Å². The number of likely N-dealkylation sites (tertiary alicyclic amines) is 1. The van der Waals surface area contributed by atoms with E-state index in [1.807, 2.05) is 59.9 Å². The summed E-state index contributed by atoms with van der Waals surface area (Å²) in [5.74, 6) is -1.97. The summed E-state index contributed by atoms with van der Waals surface area (Å²) < 4.78 is 11.4. The van der Waals surface area contributed by atoms with Crippen LogP contribution in [0.15, 0.2) is 47.7 Å². The average molecular weight is 677 g/mol. The van der Waals surface area contributed by atoms with E-state index in [1.54, 1.807) is 19.4 Å². The third-order valence-electron chi connectivity index (χ3n) is 7.89. The molecule has 2 aliphatic rings. The Kier molecular flexibility index (Phi) is 10.6. The lowest BCUT2D eigenvalue weighted by molar-refractivity contribution is -0.140. The molecule has 1 aliphatic carbocycles. The average Bonchev–Trinajstić information content (AvgIpc) is 3.21. The molecule has 1 saturated heterocycles. The Balaban J connectivity index is 1.66. The van der Waals surface area contributed by atoms with Gasteiger partial charge in [-0.1, -0.05) is 13.0 Å². The molecule has 0 spiro atoms. The first-order valence-corrected chi connectivity index (χ1v) is 14.9. The SMILES string of the molecule is CCCN1C(=O)[C@@H]2[C@@H](CC(COC)=C([C@H](O)CC/C(=C/c3cc(I)c(O)c(OC)c3)c3ccccn3)[C@@H]2CO)C1=O. The minimum atomic E-state index is -0.969. The number of aromatic hydroxyl groups is 1. The van der Waals surface area contributed by atoms with Crippen LogP contribution in [-0.2, 0) is 14.3 Å². The zero-order valence-corrected chi connectivity index (χ0v) is 25.7. The van der Waals surface area contributed by atoms with Crippen LogP contribution in [0.4, 0.5) is 0 Å². The number of methoxy groups -OCH3 is 2. The second kappa shape index (κ2) is 13.9. The number of halogens is 1. The fraction of sp³-hybridized carbons (Fsp3) is 0.452. The van der Waals surface area contributed by atoms with Crippen LogP contribution in [0.1, 0.15) is 43.9 Å². The summed E-state index contributed by atoms with van der Waals surface area (Å²) in [6, 6.07) is 9.19. The number of carbonyl (C=O) groups is 2. The molecule has 0 radical (unpaired) electrons. The number of ether oxygens (including phenoxy) is 2. The minimum Gasteiger partial charge on any atom is -0.504 e. The van der Waals surface area contributed by atoms with Gasteiger partial charge in [0.25, 0.3) is 0 Å². The van der Waals surface area contributed by atoms with Gasteiger partial charge in [0, 0.05) is 25.8 Å². The summed E-state index contributed by atoms with van der Waals surface area (Å²) in [4.78, 5) is 32.3. The van der Waals surface area contributed by atoms with Crippen molar-refractivity contribution in [2.75, 3.05) is 34.0 Å². The molecule has 10 heteroatoms. The highest BCUT2D eigenvalue weighted by Crippen LogP contribution is 2.46. The lowest BCUT2D eigenvalue weighted by Crippen LogP contribution is -2.39. The van der Waals surface area contributed by atoms with Crippen molar-refractivity contribution >= 4 is 46.1 Å². The van der Waals surface area contributed by atoms with Gasteiger partial charge >= 0.3 is 0 Å². The van der Waals surface area contributed by atoms with Gasteiger partial charge in [-0.15, -0.1) is 0 Å². The number of carbonyl (C=O) groups excluding carboxylic acids is 2. The molecule has 1 aromatic heterocycles. The molecule has 2 aromatic rings. The zero-order valence-electron chi connectivity index (χ0n) is 23.5. The maximum atomic E-state index is 13.3. The lowest BCUT2D eigenvalue weighted by atomic mass is 9.68. The number of hydrogen-bond donors (Lipinski definition) is 3. The monoisotopic (exact) mass is 676 g/mol. The molecule has 4 atom stereocenters. The van der Waals surface area contributed by atoms with Crippen molar-refractivity contribution in [2.24, 2.45) is 17.8 Å². The number of amides is 2. The number of imide groups is 1. The molecule has 0 saturated carbocycles. The van der Waals surface area contributed by atoms with E-state index in [4.69, 9.17) is 9.47 Å². The number of hydrogen-bond acceptors (Lipinski definition) is 8. The van der Waals surface area contributed by atoms with Crippen LogP contribution < -0.4 is 4.74 Å². The summed E-state index contributed by atoms with van der Waals surface area (Å²) in [5.41, 5.74) is 3.76. The van der Waals surface area contributed by atoms with E-state index >= 15 is 0 Å². The fourth-order valence-corrected chi connectivity index (χ4v) is 6.71. The van der Waals surface area contributed by atoms with Gasteiger partial charge in [-0.3, -0.25) is 19.5 Å². The van der Waals surface area contributed by atoms with E-state index in [9.17, 15) is 24.9 Å². The first kappa shape index (κ1) is 31.1. The van der Waals surface area contributed by atoms with Crippen LogP contribution in [0.5, 0.6) is 11.5 Å². The Bertz CT molecular complexity index is 1330. The number of phenolic OH excluding ortho intramolecular Hbond substituents is 1. The van der Waals surface area contributed by atoms with Gasteiger partial charge in [0.1, 0.15) is 0 Å². The number of phenols is 1. The van der Waals surface area contributed by atoms with E-state index in [0.717, 1.165) is 22.4 Å². The molecule has 4 rings (SSSR count). The van der Waals surface area contributed by atoms with Gasteiger partial charge in [0.15, 0.2) is 11.5 Å². The maximum Gasteiger partial charge on any atom is 0.233 e. The van der Waals surface area contributed by atoms with E-state index in [-0.39, 0.29) is 30.8 Å². The van der Waals surface area contributed by atoms with Crippen molar-refractivity contribution in [2.45, 2.75) is 38.7 Å². The number of benzene rings is 1. The number of aromatic nitrogens is 1. The summed E-state index contributed by atoms with van der Waals surface area (Å²) in [6.07, 6.45) is 4.39. The number of aliphatic hydroxyl groups is 2. The summed E-state index contributed by atoms with van der Waals surface area (Å²) >= 11 is 2.05. The molecule has 220 valence electrons. The molecule has 0 bridgehead atoms. The largest absolute Gasteiger partial charge is 0.504 e. The first-order chi connectivity index (χ1) is 19.7. The molecule has 0 unspecified atom stereocenters. The number of aliphatic hydroxyl groups excluding tert-OH is 2. The normalized spacial score (nSPS) is 21.9. The van der Waals surface area contributed by atoms with E-state index in [2.05, 4.69) is 4.98 Å². The smallest absolute Gasteiger partial charge is 0.233 e. The lowest BCUT2D eigenvalue weighted by Gasteiger charge is -2.36. The Morgan fingerprint density at radius 2 is 2.02 bits per heavy atom. The number of fused-ring (bicyclic) bond motifs is 1. The second-order valence-corrected chi connectivity index (χ2v) is 11.6. The van der Waals surface area contributed by atoms with Gasteiger partial charge in [0.2, 0.25) is 11.8 Å². The van der Waals surface area contributed by atoms with Gasteiger partial charge < -0.3 is 24.8 Å². The van der Waals surface area contributed by atoms with Crippen LogP contribution in [0.2, 0.25) is 0 Å². The zero-order chi connectivity index (χ0) is 29.7. The number of nitrogens with zero attached hydrogens (tertiary/aromatic N) is 2. The highest BCUT2D eigenvalue weighted by Gasteiger charge is 2.54. The molecule has 1 fully saturated rings. The van der Waals surface area contributed by atoms with Crippen LogP contribution in [0.25, 0.3) is 11.6 Å². The molecule has 9 nitrogen and oxygen atoms in total. The summed E-state index contributed by atoms with van der Waals surface area (Å²) in [7, 11) is 3.05. The highest BCUT2D eigenvalue weighted by molar-refractivity contribution is 14.1. The van der Waals surface area contributed by atoms with Gasteiger partial charge in [-0.05, 0) is 101 Å². The predicted molar refractivity (Wildman–Crippen MR) is 163 cm³/mol. The second-order valence-electron chi connectivity index (χ2n) is 10.4. The quantitative estimate of drug-likeness (QED) is 0.175. The molecule has 1 aromatic carbocycles. The van der Waals surface area contributed by atoms with Crippen LogP contribution in [0, 0.1) is 21.3 Å². The topological polar surface area (TPSA) is 129 Å². The van der Waals surface area contributed by atoms with E-state index in [0.29, 0.717) is 47.1 Å². The van der Waals surface area contributed by atoms with Gasteiger partial charge in [-0.2, -0.15) is 0 Å². The Morgan fingerprint density at radius 3 is 2.66 bits per heavy atom. The first-order valence-electron chi connectivity index (χ1n) is 13.8. The molecule has 41 heavy (non-hydrogen) atoms. The van der Waals surface area contributed by atoms with Crippen LogP contribution in [0.3, 0.4) is 0 Å². The van der Waals surface area contributed by atoms with Crippen molar-refractivity contribution in [3.8, 4) is 11.5 Å². The summed E-state index contributed by atoms with van der Waals surface area (Å²) in [6.45, 7) is 2.11. The molecular weight excluding hydrogens is 639 g/mol. The summed E-state index contributed by atoms with van der Waals surface area (Å²) in [5, 5.41) is 32.4. The van der Waals surface area contributed by atoms with Gasteiger partial charge in [0.05, 0.1) is 47.5 Å². The van der Waals surface area contributed by atoms with Crippen molar-refractivity contribution in [1.82, 2.24) is 9.88 Å². The predicted octanol–water partition coefficient (Wildman–Crippen LogP) is 4.05. The van der Waals surface area contributed by atoms with E-state index < -0.39 is 23.9 Å². The van der Waals surface area contributed by atoms with Crippen LogP contribution >= 0.6 is 22.6 Å². The third-order valence-corrected chi connectivity index (χ3v) is 8.71. The van der Waals surface area contributed by atoms with Crippen molar-refractivity contribution in [3.63, 3.8) is 0 Å². The maximum absolute atomic E-state index is 13.3. The van der Waals surface area contributed by atoms with Crippen molar-refractivity contribution < 1.29 is 34.4 Å². The number of pyridine rings is 1. The molecule has 2 heterocycles. The van der Waals surface area contributed by atoms with Crippen molar-refractivity contribution in [1.29, 1.82) is 0 Å². The van der Waals surface area contributed by atoms with E-state index in [1.165, 1.54) is 12.0 Å². The Hall–Kier alpha value is -2.80. The molecule has 3 N–H and O–H groups in total. The molecular formula is C31H37IN2O7. The van der Waals surface area contributed by atoms with Crippen molar-refractivity contribution in [3.05, 3.63) is 62.5 Å². The minimum absolute atomic E-state index is 0.0701. The standard InChI is InChI=1S/C31H37IN2O7/c1-4-11-34-30(38)21-15-20(17-40-2)27(22(16-35)28(21)31(34)39)25(36)9-8-19(24-7-5-6-10-33-24)12-18-13-23(32)29(37)26(14-18)41-3/h5-7,10,12-14,21-22,25,28,35-37H,4,8-9,11,15-17H2,1-3H3/b19-12-/t21-,22+,25-,28-/m1/s1. The molecule has 2 amide bonds. The Morgan fingerprint density at radius 1 is 1.24 bits per heavy atom. The molecule has 1 aliphatic heterocycles. The Labute approximate surface area is 254 Å². The third kappa shape index (κ3) is 6.50. The number of rotatable bonds is 12.